The summed E-state index contributed by atoms with van der Waals surface area (Å²) in [5.41, 5.74) is 3.01. The van der Waals surface area contributed by atoms with Crippen molar-refractivity contribution >= 4 is 0 Å². The third kappa shape index (κ3) is 6.00. The fourth-order valence-corrected chi connectivity index (χ4v) is 2.30. The van der Waals surface area contributed by atoms with E-state index in [1.54, 1.807) is 0 Å². The van der Waals surface area contributed by atoms with Gasteiger partial charge >= 0.3 is 0 Å². The molecule has 1 rings (SSSR count). The van der Waals surface area contributed by atoms with Gasteiger partial charge in [0.05, 0.1) is 0 Å². The van der Waals surface area contributed by atoms with E-state index in [1.165, 1.54) is 11.1 Å². The normalized spacial score (nSPS) is 13.3. The number of ether oxygens (including phenoxy) is 1. The molecule has 0 aliphatic rings. The molecule has 1 aromatic rings. The lowest BCUT2D eigenvalue weighted by atomic mass is 9.80. The number of benzene rings is 1. The highest BCUT2D eigenvalue weighted by molar-refractivity contribution is 5.43. The van der Waals surface area contributed by atoms with Crippen molar-refractivity contribution in [2.75, 3.05) is 13.2 Å². The van der Waals surface area contributed by atoms with E-state index in [0.717, 1.165) is 12.3 Å². The summed E-state index contributed by atoms with van der Waals surface area (Å²) in [5.74, 6) is 1.01. The van der Waals surface area contributed by atoms with Crippen LogP contribution in [-0.4, -0.2) is 18.7 Å². The maximum absolute atomic E-state index is 6.06. The molecule has 0 saturated carbocycles. The monoisotopic (exact) mass is 305 g/mol. The first-order chi connectivity index (χ1) is 9.81. The van der Waals surface area contributed by atoms with Crippen LogP contribution >= 0.6 is 0 Å². The van der Waals surface area contributed by atoms with Crippen LogP contribution in [0.4, 0.5) is 0 Å². The zero-order valence-corrected chi connectivity index (χ0v) is 16.1. The van der Waals surface area contributed by atoms with Gasteiger partial charge in [0.25, 0.3) is 0 Å². The van der Waals surface area contributed by atoms with Crippen LogP contribution < -0.4 is 10.1 Å². The van der Waals surface area contributed by atoms with Crippen LogP contribution in [0, 0.1) is 0 Å². The Morgan fingerprint density at radius 2 is 1.45 bits per heavy atom. The van der Waals surface area contributed by atoms with E-state index >= 15 is 0 Å². The van der Waals surface area contributed by atoms with Crippen LogP contribution in [-0.2, 0) is 10.8 Å². The fraction of sp³-hybridized carbons (Fsp3) is 0.700. The number of hydrogen-bond acceptors (Lipinski definition) is 2. The summed E-state index contributed by atoms with van der Waals surface area (Å²) in [6.07, 6.45) is 0. The Hall–Kier alpha value is -1.02. The molecule has 0 atom stereocenters. The van der Waals surface area contributed by atoms with Gasteiger partial charge in [-0.05, 0) is 48.8 Å². The molecule has 0 amide bonds. The Labute approximate surface area is 137 Å². The molecular formula is C20H35NO. The van der Waals surface area contributed by atoms with Gasteiger partial charge in [-0.25, -0.2) is 0 Å². The fourth-order valence-electron chi connectivity index (χ4n) is 2.30. The second-order valence-corrected chi connectivity index (χ2v) is 9.24. The maximum atomic E-state index is 6.06. The van der Waals surface area contributed by atoms with Crippen LogP contribution in [0.5, 0.6) is 5.75 Å². The van der Waals surface area contributed by atoms with Crippen molar-refractivity contribution in [1.29, 1.82) is 0 Å². The smallest absolute Gasteiger partial charge is 0.123 e. The van der Waals surface area contributed by atoms with Crippen molar-refractivity contribution in [2.24, 2.45) is 0 Å². The van der Waals surface area contributed by atoms with E-state index < -0.39 is 0 Å². The molecule has 0 aliphatic heterocycles. The first-order valence-electron chi connectivity index (χ1n) is 8.33. The summed E-state index contributed by atoms with van der Waals surface area (Å²) in [6, 6.07) is 6.65. The lowest BCUT2D eigenvalue weighted by molar-refractivity contribution is 0.284. The van der Waals surface area contributed by atoms with Crippen molar-refractivity contribution in [2.45, 2.75) is 78.7 Å². The predicted octanol–water partition coefficient (Wildman–Crippen LogP) is 5.05. The Bertz CT molecular complexity index is 484. The van der Waals surface area contributed by atoms with E-state index in [1.807, 2.05) is 0 Å². The SMILES string of the molecule is CC(C)(C)NCCOc1ccc(C(C)(C)C)cc1C(C)(C)C. The Morgan fingerprint density at radius 3 is 1.91 bits per heavy atom. The lowest BCUT2D eigenvalue weighted by Gasteiger charge is -2.27. The summed E-state index contributed by atoms with van der Waals surface area (Å²) in [4.78, 5) is 0. The highest BCUT2D eigenvalue weighted by Crippen LogP contribution is 2.35. The van der Waals surface area contributed by atoms with E-state index in [2.05, 4.69) is 85.8 Å². The van der Waals surface area contributed by atoms with E-state index in [9.17, 15) is 0 Å². The minimum Gasteiger partial charge on any atom is -0.492 e. The molecule has 126 valence electrons. The molecule has 0 spiro atoms. The van der Waals surface area contributed by atoms with Crippen molar-refractivity contribution in [3.05, 3.63) is 29.3 Å². The van der Waals surface area contributed by atoms with E-state index in [4.69, 9.17) is 4.74 Å². The Morgan fingerprint density at radius 1 is 0.864 bits per heavy atom. The van der Waals surface area contributed by atoms with Gasteiger partial charge in [0.15, 0.2) is 0 Å². The number of rotatable bonds is 4. The number of nitrogens with one attached hydrogen (secondary N) is 1. The molecule has 0 bridgehead atoms. The van der Waals surface area contributed by atoms with Crippen LogP contribution in [0.3, 0.4) is 0 Å². The average Bonchev–Trinajstić information content (AvgIpc) is 2.31. The van der Waals surface area contributed by atoms with Crippen LogP contribution in [0.1, 0.15) is 73.4 Å². The summed E-state index contributed by atoms with van der Waals surface area (Å²) >= 11 is 0. The summed E-state index contributed by atoms with van der Waals surface area (Å²) in [6.45, 7) is 21.6. The van der Waals surface area contributed by atoms with Crippen molar-refractivity contribution in [3.8, 4) is 5.75 Å². The molecule has 1 N–H and O–H groups in total. The average molecular weight is 306 g/mol. The second-order valence-electron chi connectivity index (χ2n) is 9.24. The van der Waals surface area contributed by atoms with Gasteiger partial charge in [-0.15, -0.1) is 0 Å². The molecule has 1 aromatic carbocycles. The maximum Gasteiger partial charge on any atom is 0.123 e. The van der Waals surface area contributed by atoms with Gasteiger partial charge in [0.2, 0.25) is 0 Å². The largest absolute Gasteiger partial charge is 0.492 e. The zero-order chi connectivity index (χ0) is 17.2. The highest BCUT2D eigenvalue weighted by Gasteiger charge is 2.23. The third-order valence-electron chi connectivity index (χ3n) is 3.67. The van der Waals surface area contributed by atoms with Gasteiger partial charge in [-0.1, -0.05) is 53.7 Å². The summed E-state index contributed by atoms with van der Waals surface area (Å²) < 4.78 is 6.06. The van der Waals surface area contributed by atoms with Crippen molar-refractivity contribution < 1.29 is 4.74 Å². The molecule has 0 aromatic heterocycles. The first-order valence-corrected chi connectivity index (χ1v) is 8.33. The predicted molar refractivity (Wildman–Crippen MR) is 97.1 cm³/mol. The molecule has 2 nitrogen and oxygen atoms in total. The molecule has 0 fully saturated rings. The molecule has 0 saturated heterocycles. The Kier molecular flexibility index (Phi) is 5.72. The molecule has 0 radical (unpaired) electrons. The Balaban J connectivity index is 2.91. The molecule has 22 heavy (non-hydrogen) atoms. The summed E-state index contributed by atoms with van der Waals surface area (Å²) in [5, 5.41) is 3.46. The standard InChI is InChI=1S/C20H35NO/c1-18(2,3)15-10-11-17(16(14-15)19(4,5)6)22-13-12-21-20(7,8)9/h10-11,14,21H,12-13H2,1-9H3. The zero-order valence-electron chi connectivity index (χ0n) is 16.1. The van der Waals surface area contributed by atoms with Crippen LogP contribution in [0.25, 0.3) is 0 Å². The lowest BCUT2D eigenvalue weighted by Crippen LogP contribution is -2.38. The first kappa shape index (κ1) is 19.0. The van der Waals surface area contributed by atoms with Crippen molar-refractivity contribution in [3.63, 3.8) is 0 Å². The molecule has 0 aliphatic carbocycles. The minimum absolute atomic E-state index is 0.0774. The summed E-state index contributed by atoms with van der Waals surface area (Å²) in [7, 11) is 0. The van der Waals surface area contributed by atoms with Crippen molar-refractivity contribution in [1.82, 2.24) is 5.32 Å². The molecular weight excluding hydrogens is 270 g/mol. The second kappa shape index (κ2) is 6.62. The van der Waals surface area contributed by atoms with Gasteiger partial charge < -0.3 is 10.1 Å². The van der Waals surface area contributed by atoms with E-state index in [0.29, 0.717) is 6.61 Å². The minimum atomic E-state index is 0.0774. The van der Waals surface area contributed by atoms with E-state index in [-0.39, 0.29) is 16.4 Å². The van der Waals surface area contributed by atoms with Gasteiger partial charge in [0, 0.05) is 12.1 Å². The quantitative estimate of drug-likeness (QED) is 0.786. The van der Waals surface area contributed by atoms with Crippen LogP contribution in [0.2, 0.25) is 0 Å². The molecule has 0 heterocycles. The third-order valence-corrected chi connectivity index (χ3v) is 3.67. The van der Waals surface area contributed by atoms with Gasteiger partial charge in [0.1, 0.15) is 12.4 Å². The highest BCUT2D eigenvalue weighted by atomic mass is 16.5. The number of hydrogen-bond donors (Lipinski definition) is 1. The van der Waals surface area contributed by atoms with Crippen LogP contribution in [0.15, 0.2) is 18.2 Å². The molecule has 0 unspecified atom stereocenters. The molecule has 2 heteroatoms. The van der Waals surface area contributed by atoms with Gasteiger partial charge in [-0.3, -0.25) is 0 Å². The van der Waals surface area contributed by atoms with Gasteiger partial charge in [-0.2, -0.15) is 0 Å². The topological polar surface area (TPSA) is 21.3 Å².